The molecule has 0 saturated carbocycles. The maximum absolute atomic E-state index is 12.3. The maximum Gasteiger partial charge on any atom is 0.272 e. The number of methoxy groups -OCH3 is 2. The summed E-state index contributed by atoms with van der Waals surface area (Å²) < 4.78 is 10.5. The molecule has 0 aliphatic carbocycles. The minimum atomic E-state index is -0.305. The molecular weight excluding hydrogens is 358 g/mol. The molecule has 144 valence electrons. The van der Waals surface area contributed by atoms with E-state index >= 15 is 0 Å². The Morgan fingerprint density at radius 3 is 2.50 bits per heavy atom. The summed E-state index contributed by atoms with van der Waals surface area (Å²) in [5.41, 5.74) is 2.15. The van der Waals surface area contributed by atoms with Crippen LogP contribution in [0.4, 0.5) is 5.82 Å². The molecule has 0 aliphatic heterocycles. The van der Waals surface area contributed by atoms with Crippen molar-refractivity contribution in [3.8, 4) is 11.5 Å². The highest BCUT2D eigenvalue weighted by Crippen LogP contribution is 2.27. The van der Waals surface area contributed by atoms with Crippen LogP contribution in [0.25, 0.3) is 0 Å². The topological polar surface area (TPSA) is 98.3 Å². The summed E-state index contributed by atoms with van der Waals surface area (Å²) in [5.74, 6) is 1.53. The number of hydrogen-bond donors (Lipinski definition) is 2. The van der Waals surface area contributed by atoms with E-state index in [0.717, 1.165) is 11.1 Å². The second kappa shape index (κ2) is 9.31. The predicted octanol–water partition coefficient (Wildman–Crippen LogP) is 2.43. The lowest BCUT2D eigenvalue weighted by Crippen LogP contribution is -2.24. The standard InChI is InChI=1S/C20H21N5O3/c1-27-17-7-5-14(10-18(17)28-2)12-23-20(26)16-6-8-19(25-24-16)22-13-15-4-3-9-21-11-15/h3-11H,12-13H2,1-2H3,(H,22,25)(H,23,26). The summed E-state index contributed by atoms with van der Waals surface area (Å²) in [6.07, 6.45) is 3.50. The third-order valence-electron chi connectivity index (χ3n) is 3.99. The highest BCUT2D eigenvalue weighted by Gasteiger charge is 2.10. The fourth-order valence-electron chi connectivity index (χ4n) is 2.51. The van der Waals surface area contributed by atoms with Crippen molar-refractivity contribution in [3.63, 3.8) is 0 Å². The van der Waals surface area contributed by atoms with E-state index in [4.69, 9.17) is 9.47 Å². The van der Waals surface area contributed by atoms with Crippen LogP contribution in [0.15, 0.2) is 54.9 Å². The summed E-state index contributed by atoms with van der Waals surface area (Å²) in [5, 5.41) is 14.0. The molecule has 3 rings (SSSR count). The molecule has 0 bridgehead atoms. The van der Waals surface area contributed by atoms with Gasteiger partial charge in [0, 0.05) is 25.5 Å². The Balaban J connectivity index is 1.54. The van der Waals surface area contributed by atoms with Crippen LogP contribution in [0, 0.1) is 0 Å². The van der Waals surface area contributed by atoms with Crippen LogP contribution in [-0.4, -0.2) is 35.3 Å². The van der Waals surface area contributed by atoms with Crippen molar-refractivity contribution in [2.75, 3.05) is 19.5 Å². The van der Waals surface area contributed by atoms with E-state index in [2.05, 4.69) is 25.8 Å². The van der Waals surface area contributed by atoms with E-state index < -0.39 is 0 Å². The molecule has 1 aromatic carbocycles. The van der Waals surface area contributed by atoms with Crippen molar-refractivity contribution in [3.05, 3.63) is 71.7 Å². The van der Waals surface area contributed by atoms with Crippen LogP contribution in [-0.2, 0) is 13.1 Å². The monoisotopic (exact) mass is 379 g/mol. The first kappa shape index (κ1) is 19.1. The number of ether oxygens (including phenoxy) is 2. The molecule has 2 N–H and O–H groups in total. The fraction of sp³-hybridized carbons (Fsp3) is 0.200. The molecule has 3 aromatic rings. The number of anilines is 1. The smallest absolute Gasteiger partial charge is 0.272 e. The molecule has 0 aliphatic rings. The number of carbonyl (C=O) groups is 1. The number of nitrogens with one attached hydrogen (secondary N) is 2. The molecule has 2 aromatic heterocycles. The summed E-state index contributed by atoms with van der Waals surface area (Å²) in [6, 6.07) is 12.6. The Labute approximate surface area is 162 Å². The molecule has 0 unspecified atom stereocenters. The normalized spacial score (nSPS) is 10.2. The average molecular weight is 379 g/mol. The van der Waals surface area contributed by atoms with E-state index in [1.54, 1.807) is 44.8 Å². The fourth-order valence-corrected chi connectivity index (χ4v) is 2.51. The van der Waals surface area contributed by atoms with Crippen LogP contribution >= 0.6 is 0 Å². The molecule has 1 amide bonds. The second-order valence-electron chi connectivity index (χ2n) is 5.89. The quantitative estimate of drug-likeness (QED) is 0.620. The van der Waals surface area contributed by atoms with Gasteiger partial charge >= 0.3 is 0 Å². The number of pyridine rings is 1. The SMILES string of the molecule is COc1ccc(CNC(=O)c2ccc(NCc3cccnc3)nn2)cc1OC. The molecule has 0 fully saturated rings. The van der Waals surface area contributed by atoms with Crippen LogP contribution in [0.2, 0.25) is 0 Å². The van der Waals surface area contributed by atoms with Gasteiger partial charge in [-0.15, -0.1) is 10.2 Å². The van der Waals surface area contributed by atoms with Gasteiger partial charge in [-0.1, -0.05) is 12.1 Å². The van der Waals surface area contributed by atoms with Gasteiger partial charge in [0.05, 0.1) is 14.2 Å². The number of carbonyl (C=O) groups excluding carboxylic acids is 1. The largest absolute Gasteiger partial charge is 0.493 e. The third kappa shape index (κ3) is 4.94. The molecular formula is C20H21N5O3. The van der Waals surface area contributed by atoms with Crippen molar-refractivity contribution >= 4 is 11.7 Å². The molecule has 8 nitrogen and oxygen atoms in total. The summed E-state index contributed by atoms with van der Waals surface area (Å²) in [7, 11) is 3.15. The van der Waals surface area contributed by atoms with E-state index in [1.165, 1.54) is 0 Å². The van der Waals surface area contributed by atoms with Gasteiger partial charge in [-0.2, -0.15) is 0 Å². The molecule has 0 saturated heterocycles. The van der Waals surface area contributed by atoms with E-state index in [9.17, 15) is 4.79 Å². The van der Waals surface area contributed by atoms with Crippen molar-refractivity contribution in [1.29, 1.82) is 0 Å². The Hall–Kier alpha value is -3.68. The van der Waals surface area contributed by atoms with Crippen LogP contribution in [0.3, 0.4) is 0 Å². The van der Waals surface area contributed by atoms with Gasteiger partial charge < -0.3 is 20.1 Å². The first-order valence-electron chi connectivity index (χ1n) is 8.65. The molecule has 0 radical (unpaired) electrons. The van der Waals surface area contributed by atoms with Crippen LogP contribution < -0.4 is 20.1 Å². The first-order valence-corrected chi connectivity index (χ1v) is 8.65. The van der Waals surface area contributed by atoms with E-state index in [0.29, 0.717) is 30.4 Å². The Morgan fingerprint density at radius 1 is 0.964 bits per heavy atom. The number of aromatic nitrogens is 3. The zero-order valence-corrected chi connectivity index (χ0v) is 15.7. The summed E-state index contributed by atoms with van der Waals surface area (Å²) >= 11 is 0. The first-order chi connectivity index (χ1) is 13.7. The van der Waals surface area contributed by atoms with Crippen molar-refractivity contribution in [1.82, 2.24) is 20.5 Å². The molecule has 0 atom stereocenters. The maximum atomic E-state index is 12.3. The lowest BCUT2D eigenvalue weighted by atomic mass is 10.2. The molecule has 28 heavy (non-hydrogen) atoms. The zero-order valence-electron chi connectivity index (χ0n) is 15.7. The van der Waals surface area contributed by atoms with Gasteiger partial charge in [0.15, 0.2) is 17.2 Å². The molecule has 0 spiro atoms. The number of nitrogens with zero attached hydrogens (tertiary/aromatic N) is 3. The minimum Gasteiger partial charge on any atom is -0.493 e. The van der Waals surface area contributed by atoms with Crippen molar-refractivity contribution in [2.45, 2.75) is 13.1 Å². The number of benzene rings is 1. The van der Waals surface area contributed by atoms with Crippen LogP contribution in [0.5, 0.6) is 11.5 Å². The van der Waals surface area contributed by atoms with Gasteiger partial charge in [0.1, 0.15) is 5.82 Å². The van der Waals surface area contributed by atoms with Gasteiger partial charge in [0.25, 0.3) is 5.91 Å². The van der Waals surface area contributed by atoms with Gasteiger partial charge in [-0.05, 0) is 41.5 Å². The lowest BCUT2D eigenvalue weighted by molar-refractivity contribution is 0.0945. The Morgan fingerprint density at radius 2 is 1.82 bits per heavy atom. The number of amides is 1. The van der Waals surface area contributed by atoms with Crippen molar-refractivity contribution < 1.29 is 14.3 Å². The highest BCUT2D eigenvalue weighted by atomic mass is 16.5. The highest BCUT2D eigenvalue weighted by molar-refractivity contribution is 5.92. The lowest BCUT2D eigenvalue weighted by Gasteiger charge is -2.10. The minimum absolute atomic E-state index is 0.243. The van der Waals surface area contributed by atoms with Gasteiger partial charge in [-0.3, -0.25) is 9.78 Å². The Bertz CT molecular complexity index is 917. The number of rotatable bonds is 8. The molecule has 2 heterocycles. The average Bonchev–Trinajstić information content (AvgIpc) is 2.76. The number of hydrogen-bond acceptors (Lipinski definition) is 7. The predicted molar refractivity (Wildman–Crippen MR) is 104 cm³/mol. The zero-order chi connectivity index (χ0) is 19.8. The summed E-state index contributed by atoms with van der Waals surface area (Å²) in [4.78, 5) is 16.3. The van der Waals surface area contributed by atoms with Crippen LogP contribution in [0.1, 0.15) is 21.6 Å². The van der Waals surface area contributed by atoms with E-state index in [-0.39, 0.29) is 11.6 Å². The van der Waals surface area contributed by atoms with Crippen molar-refractivity contribution in [2.24, 2.45) is 0 Å². The summed E-state index contributed by atoms with van der Waals surface area (Å²) in [6.45, 7) is 0.912. The third-order valence-corrected chi connectivity index (χ3v) is 3.99. The van der Waals surface area contributed by atoms with Gasteiger partial charge in [0.2, 0.25) is 0 Å². The molecule has 8 heteroatoms. The Kier molecular flexibility index (Phi) is 6.35. The van der Waals surface area contributed by atoms with Gasteiger partial charge in [-0.25, -0.2) is 0 Å². The second-order valence-corrected chi connectivity index (χ2v) is 5.89. The van der Waals surface area contributed by atoms with E-state index in [1.807, 2.05) is 24.3 Å².